The second-order valence-corrected chi connectivity index (χ2v) is 5.92. The first kappa shape index (κ1) is 18.5. The third kappa shape index (κ3) is 4.37. The summed E-state index contributed by atoms with van der Waals surface area (Å²) in [7, 11) is 1.71. The number of anilines is 2. The minimum atomic E-state index is -0.498. The van der Waals surface area contributed by atoms with Gasteiger partial charge in [-0.2, -0.15) is 0 Å². The number of benzene rings is 1. The summed E-state index contributed by atoms with van der Waals surface area (Å²) in [5, 5.41) is 5.42. The van der Waals surface area contributed by atoms with E-state index >= 15 is 0 Å². The lowest BCUT2D eigenvalue weighted by Gasteiger charge is -2.19. The molecule has 25 heavy (non-hydrogen) atoms. The van der Waals surface area contributed by atoms with Gasteiger partial charge < -0.3 is 15.5 Å². The molecule has 2 N–H and O–H groups in total. The van der Waals surface area contributed by atoms with Crippen molar-refractivity contribution in [2.24, 2.45) is 0 Å². The number of hydrogen-bond donors (Lipinski definition) is 2. The molecule has 0 aliphatic carbocycles. The highest BCUT2D eigenvalue weighted by atomic mass is 16.2. The van der Waals surface area contributed by atoms with Crippen LogP contribution < -0.4 is 15.5 Å². The normalized spacial score (nSPS) is 16.6. The summed E-state index contributed by atoms with van der Waals surface area (Å²) in [5.41, 5.74) is 0.962. The van der Waals surface area contributed by atoms with E-state index in [1.165, 1.54) is 0 Å². The first-order valence-corrected chi connectivity index (χ1v) is 8.35. The molecule has 1 aliphatic rings. The Hall–Kier alpha value is -2.83. The van der Waals surface area contributed by atoms with Gasteiger partial charge in [0.15, 0.2) is 0 Å². The predicted molar refractivity (Wildman–Crippen MR) is 97.6 cm³/mol. The zero-order valence-electron chi connectivity index (χ0n) is 14.6. The second kappa shape index (κ2) is 8.32. The van der Waals surface area contributed by atoms with E-state index in [2.05, 4.69) is 17.2 Å². The van der Waals surface area contributed by atoms with Gasteiger partial charge in [-0.25, -0.2) is 14.5 Å². The molecule has 134 valence electrons. The van der Waals surface area contributed by atoms with E-state index in [1.807, 2.05) is 13.0 Å². The third-order valence-corrected chi connectivity index (χ3v) is 4.03. The van der Waals surface area contributed by atoms with Crippen LogP contribution in [0.4, 0.5) is 21.0 Å². The van der Waals surface area contributed by atoms with Gasteiger partial charge in [-0.3, -0.25) is 4.79 Å². The number of imide groups is 1. The standard InChI is InChI=1S/C18H24N4O3/c1-4-6-7-11-21(3)17(24)19-13-9-8-10-14(12-13)22-16(23)15(5-2)20-18(22)25/h4,8-10,12,15H,1,5-7,11H2,2-3H3,(H,19,24)(H,20,25)/t15-/m1/s1. The van der Waals surface area contributed by atoms with Crippen molar-refractivity contribution in [1.29, 1.82) is 0 Å². The smallest absolute Gasteiger partial charge is 0.328 e. The van der Waals surface area contributed by atoms with E-state index in [0.717, 1.165) is 17.7 Å². The fourth-order valence-electron chi connectivity index (χ4n) is 2.57. The van der Waals surface area contributed by atoms with Crippen LogP contribution in [0.5, 0.6) is 0 Å². The molecule has 0 bridgehead atoms. The average Bonchev–Trinajstić information content (AvgIpc) is 2.89. The summed E-state index contributed by atoms with van der Waals surface area (Å²) in [6.45, 7) is 6.11. The molecule has 2 rings (SSSR count). The van der Waals surface area contributed by atoms with Crippen LogP contribution in [0.15, 0.2) is 36.9 Å². The highest BCUT2D eigenvalue weighted by Gasteiger charge is 2.37. The first-order valence-electron chi connectivity index (χ1n) is 8.35. The molecule has 1 fully saturated rings. The van der Waals surface area contributed by atoms with Crippen molar-refractivity contribution in [3.63, 3.8) is 0 Å². The van der Waals surface area contributed by atoms with Crippen molar-refractivity contribution in [3.8, 4) is 0 Å². The van der Waals surface area contributed by atoms with Crippen LogP contribution in [0, 0.1) is 0 Å². The Morgan fingerprint density at radius 1 is 1.44 bits per heavy atom. The monoisotopic (exact) mass is 344 g/mol. The van der Waals surface area contributed by atoms with Crippen molar-refractivity contribution in [3.05, 3.63) is 36.9 Å². The Kier molecular flexibility index (Phi) is 6.16. The van der Waals surface area contributed by atoms with E-state index in [0.29, 0.717) is 24.3 Å². The molecule has 5 amide bonds. The Morgan fingerprint density at radius 3 is 2.84 bits per heavy atom. The Balaban J connectivity index is 2.06. The summed E-state index contributed by atoms with van der Waals surface area (Å²) in [5.74, 6) is -0.280. The molecule has 1 atom stereocenters. The van der Waals surface area contributed by atoms with Crippen LogP contribution in [0.3, 0.4) is 0 Å². The van der Waals surface area contributed by atoms with Crippen LogP contribution in [-0.2, 0) is 4.79 Å². The van der Waals surface area contributed by atoms with Gasteiger partial charge in [0.05, 0.1) is 5.69 Å². The van der Waals surface area contributed by atoms with Crippen LogP contribution in [0.2, 0.25) is 0 Å². The first-order chi connectivity index (χ1) is 12.0. The molecule has 1 aromatic carbocycles. The maximum atomic E-state index is 12.3. The zero-order valence-corrected chi connectivity index (χ0v) is 14.6. The van der Waals surface area contributed by atoms with Crippen LogP contribution in [0.1, 0.15) is 26.2 Å². The predicted octanol–water partition coefficient (Wildman–Crippen LogP) is 2.95. The Morgan fingerprint density at radius 2 is 2.20 bits per heavy atom. The van der Waals surface area contributed by atoms with Crippen molar-refractivity contribution in [2.75, 3.05) is 23.8 Å². The van der Waals surface area contributed by atoms with Gasteiger partial charge in [-0.1, -0.05) is 19.1 Å². The van der Waals surface area contributed by atoms with Crippen molar-refractivity contribution < 1.29 is 14.4 Å². The quantitative estimate of drug-likeness (QED) is 0.453. The molecule has 1 saturated heterocycles. The largest absolute Gasteiger partial charge is 0.329 e. The number of allylic oxidation sites excluding steroid dienone is 1. The Bertz CT molecular complexity index is 674. The van der Waals surface area contributed by atoms with Gasteiger partial charge >= 0.3 is 12.1 Å². The third-order valence-electron chi connectivity index (χ3n) is 4.03. The lowest BCUT2D eigenvalue weighted by atomic mass is 10.2. The van der Waals surface area contributed by atoms with Gasteiger partial charge in [0, 0.05) is 19.3 Å². The van der Waals surface area contributed by atoms with Gasteiger partial charge in [0.2, 0.25) is 0 Å². The fraction of sp³-hybridized carbons (Fsp3) is 0.389. The fourth-order valence-corrected chi connectivity index (χ4v) is 2.57. The highest BCUT2D eigenvalue weighted by Crippen LogP contribution is 2.24. The second-order valence-electron chi connectivity index (χ2n) is 5.92. The van der Waals surface area contributed by atoms with Crippen molar-refractivity contribution >= 4 is 29.3 Å². The average molecular weight is 344 g/mol. The summed E-state index contributed by atoms with van der Waals surface area (Å²) in [4.78, 5) is 39.2. The number of hydrogen-bond acceptors (Lipinski definition) is 3. The number of amides is 5. The van der Waals surface area contributed by atoms with Crippen molar-refractivity contribution in [1.82, 2.24) is 10.2 Å². The van der Waals surface area contributed by atoms with Crippen LogP contribution in [-0.4, -0.2) is 42.5 Å². The molecule has 7 heteroatoms. The maximum absolute atomic E-state index is 12.3. The SMILES string of the molecule is C=CCCCN(C)C(=O)Nc1cccc(N2C(=O)N[C@H](CC)C2=O)c1. The number of carbonyl (C=O) groups excluding carboxylic acids is 3. The number of urea groups is 2. The highest BCUT2D eigenvalue weighted by molar-refractivity contribution is 6.21. The molecule has 7 nitrogen and oxygen atoms in total. The van der Waals surface area contributed by atoms with E-state index in [-0.39, 0.29) is 11.9 Å². The van der Waals surface area contributed by atoms with Gasteiger partial charge in [0.1, 0.15) is 6.04 Å². The van der Waals surface area contributed by atoms with Gasteiger partial charge in [-0.15, -0.1) is 6.58 Å². The molecular formula is C18H24N4O3. The number of unbranched alkanes of at least 4 members (excludes halogenated alkanes) is 1. The minimum Gasteiger partial charge on any atom is -0.328 e. The Labute approximate surface area is 147 Å². The number of nitrogens with zero attached hydrogens (tertiary/aromatic N) is 2. The summed E-state index contributed by atoms with van der Waals surface area (Å²) >= 11 is 0. The van der Waals surface area contributed by atoms with Gasteiger partial charge in [-0.05, 0) is 37.5 Å². The molecule has 0 radical (unpaired) electrons. The van der Waals surface area contributed by atoms with E-state index in [4.69, 9.17) is 0 Å². The van der Waals surface area contributed by atoms with Crippen LogP contribution >= 0.6 is 0 Å². The number of carbonyl (C=O) groups is 3. The topological polar surface area (TPSA) is 81.8 Å². The molecule has 0 aromatic heterocycles. The maximum Gasteiger partial charge on any atom is 0.329 e. The van der Waals surface area contributed by atoms with E-state index < -0.39 is 12.1 Å². The zero-order chi connectivity index (χ0) is 18.4. The molecule has 1 heterocycles. The molecule has 1 aromatic rings. The lowest BCUT2D eigenvalue weighted by Crippen LogP contribution is -2.33. The summed E-state index contributed by atoms with van der Waals surface area (Å²) in [6, 6.07) is 5.51. The molecule has 0 spiro atoms. The minimum absolute atomic E-state index is 0.246. The van der Waals surface area contributed by atoms with Crippen molar-refractivity contribution in [2.45, 2.75) is 32.2 Å². The van der Waals surface area contributed by atoms with Gasteiger partial charge in [0.25, 0.3) is 5.91 Å². The van der Waals surface area contributed by atoms with Crippen LogP contribution in [0.25, 0.3) is 0 Å². The molecular weight excluding hydrogens is 320 g/mol. The number of nitrogens with one attached hydrogen (secondary N) is 2. The molecule has 1 aliphatic heterocycles. The lowest BCUT2D eigenvalue weighted by molar-refractivity contribution is -0.118. The summed E-state index contributed by atoms with van der Waals surface area (Å²) < 4.78 is 0. The molecule has 0 unspecified atom stereocenters. The van der Waals surface area contributed by atoms with E-state index in [1.54, 1.807) is 36.2 Å². The summed E-state index contributed by atoms with van der Waals surface area (Å²) in [6.07, 6.45) is 4.04. The van der Waals surface area contributed by atoms with E-state index in [9.17, 15) is 14.4 Å². The molecule has 0 saturated carbocycles. The number of rotatable bonds is 7.